The van der Waals surface area contributed by atoms with Crippen molar-refractivity contribution in [1.82, 2.24) is 15.4 Å². The number of thioether (sulfide) groups is 1. The quantitative estimate of drug-likeness (QED) is 0.821. The van der Waals surface area contributed by atoms with Crippen LogP contribution >= 0.6 is 23.1 Å². The van der Waals surface area contributed by atoms with Crippen LogP contribution in [0.15, 0.2) is 33.0 Å². The van der Waals surface area contributed by atoms with Crippen LogP contribution in [0, 0.1) is 6.92 Å². The van der Waals surface area contributed by atoms with Crippen LogP contribution < -0.4 is 5.32 Å². The molecule has 124 valence electrons. The van der Waals surface area contributed by atoms with Crippen molar-refractivity contribution in [1.29, 1.82) is 0 Å². The minimum absolute atomic E-state index is 0.106. The Bertz CT molecular complexity index is 811. The van der Waals surface area contributed by atoms with Gasteiger partial charge in [-0.3, -0.25) is 19.3 Å². The second-order valence-electron chi connectivity index (χ2n) is 4.93. The summed E-state index contributed by atoms with van der Waals surface area (Å²) in [5.41, 5.74) is 0.166. The minimum atomic E-state index is -0.409. The SMILES string of the molecule is Cc1cc(C(=O)NCCN2C(=O)SC(=Cc3cccs3)C2=O)no1. The van der Waals surface area contributed by atoms with E-state index in [4.69, 9.17) is 4.52 Å². The first-order chi connectivity index (χ1) is 11.5. The lowest BCUT2D eigenvalue weighted by molar-refractivity contribution is -0.122. The molecule has 0 saturated carbocycles. The van der Waals surface area contributed by atoms with Crippen LogP contribution in [0.5, 0.6) is 0 Å². The normalized spacial score (nSPS) is 16.2. The molecule has 1 N–H and O–H groups in total. The molecular formula is C15H13N3O4S2. The topological polar surface area (TPSA) is 92.5 Å². The van der Waals surface area contributed by atoms with Gasteiger partial charge in [0.05, 0.1) is 4.91 Å². The minimum Gasteiger partial charge on any atom is -0.361 e. The number of amides is 3. The maximum absolute atomic E-state index is 12.3. The molecule has 1 fully saturated rings. The van der Waals surface area contributed by atoms with E-state index >= 15 is 0 Å². The molecule has 0 unspecified atom stereocenters. The van der Waals surface area contributed by atoms with Gasteiger partial charge in [-0.05, 0) is 36.2 Å². The Labute approximate surface area is 145 Å². The van der Waals surface area contributed by atoms with E-state index in [0.717, 1.165) is 21.5 Å². The first kappa shape index (κ1) is 16.5. The zero-order valence-electron chi connectivity index (χ0n) is 12.6. The van der Waals surface area contributed by atoms with Gasteiger partial charge in [0, 0.05) is 24.0 Å². The summed E-state index contributed by atoms with van der Waals surface area (Å²) >= 11 is 2.39. The highest BCUT2D eigenvalue weighted by atomic mass is 32.2. The number of nitrogens with zero attached hydrogens (tertiary/aromatic N) is 2. The molecule has 3 amide bonds. The van der Waals surface area contributed by atoms with Crippen LogP contribution in [0.4, 0.5) is 4.79 Å². The van der Waals surface area contributed by atoms with Crippen molar-refractivity contribution in [2.24, 2.45) is 0 Å². The number of carbonyl (C=O) groups excluding carboxylic acids is 3. The van der Waals surface area contributed by atoms with Crippen molar-refractivity contribution >= 4 is 46.2 Å². The van der Waals surface area contributed by atoms with Gasteiger partial charge in [-0.2, -0.15) is 0 Å². The van der Waals surface area contributed by atoms with Gasteiger partial charge in [0.15, 0.2) is 5.69 Å². The Morgan fingerprint density at radius 3 is 2.96 bits per heavy atom. The zero-order valence-corrected chi connectivity index (χ0v) is 14.3. The summed E-state index contributed by atoms with van der Waals surface area (Å²) in [7, 11) is 0. The monoisotopic (exact) mass is 363 g/mol. The van der Waals surface area contributed by atoms with Gasteiger partial charge in [0.25, 0.3) is 17.1 Å². The summed E-state index contributed by atoms with van der Waals surface area (Å²) in [6, 6.07) is 5.26. The van der Waals surface area contributed by atoms with E-state index in [2.05, 4.69) is 10.5 Å². The first-order valence-corrected chi connectivity index (χ1v) is 8.74. The van der Waals surface area contributed by atoms with Gasteiger partial charge >= 0.3 is 0 Å². The fourth-order valence-corrected chi connectivity index (χ4v) is 3.63. The van der Waals surface area contributed by atoms with Crippen LogP contribution in [0.25, 0.3) is 6.08 Å². The zero-order chi connectivity index (χ0) is 17.1. The van der Waals surface area contributed by atoms with E-state index in [0.29, 0.717) is 10.7 Å². The lowest BCUT2D eigenvalue weighted by atomic mass is 10.3. The maximum atomic E-state index is 12.3. The number of imide groups is 1. The van der Waals surface area contributed by atoms with Gasteiger partial charge < -0.3 is 9.84 Å². The number of hydrogen-bond donors (Lipinski definition) is 1. The van der Waals surface area contributed by atoms with Gasteiger partial charge in [-0.25, -0.2) is 0 Å². The second kappa shape index (κ2) is 7.02. The number of nitrogens with one attached hydrogen (secondary N) is 1. The summed E-state index contributed by atoms with van der Waals surface area (Å²) in [5.74, 6) is -0.220. The number of aromatic nitrogens is 1. The van der Waals surface area contributed by atoms with Crippen LogP contribution in [0.3, 0.4) is 0 Å². The fraction of sp³-hybridized carbons (Fsp3) is 0.200. The third-order valence-electron chi connectivity index (χ3n) is 3.17. The Balaban J connectivity index is 1.56. The number of carbonyl (C=O) groups is 3. The average Bonchev–Trinajstić information content (AvgIpc) is 3.26. The van der Waals surface area contributed by atoms with Crippen LogP contribution in [0.1, 0.15) is 21.1 Å². The summed E-state index contributed by atoms with van der Waals surface area (Å²) in [5, 5.41) is 7.77. The van der Waals surface area contributed by atoms with Crippen molar-refractivity contribution in [3.8, 4) is 0 Å². The smallest absolute Gasteiger partial charge is 0.293 e. The average molecular weight is 363 g/mol. The molecule has 0 aliphatic carbocycles. The largest absolute Gasteiger partial charge is 0.361 e. The lowest BCUT2D eigenvalue weighted by Crippen LogP contribution is -2.37. The highest BCUT2D eigenvalue weighted by Crippen LogP contribution is 2.32. The van der Waals surface area contributed by atoms with E-state index < -0.39 is 5.91 Å². The van der Waals surface area contributed by atoms with Crippen LogP contribution in [-0.4, -0.2) is 40.2 Å². The summed E-state index contributed by atoms with van der Waals surface area (Å²) in [6.45, 7) is 1.94. The first-order valence-electron chi connectivity index (χ1n) is 7.05. The van der Waals surface area contributed by atoms with Crippen molar-refractivity contribution in [3.05, 3.63) is 44.8 Å². The molecule has 0 aromatic carbocycles. The molecule has 1 aliphatic rings. The fourth-order valence-electron chi connectivity index (χ4n) is 2.04. The van der Waals surface area contributed by atoms with E-state index in [1.165, 1.54) is 17.4 Å². The molecular weight excluding hydrogens is 350 g/mol. The van der Waals surface area contributed by atoms with E-state index in [-0.39, 0.29) is 29.9 Å². The Kier molecular flexibility index (Phi) is 4.81. The third kappa shape index (κ3) is 3.57. The molecule has 3 heterocycles. The molecule has 0 spiro atoms. The standard InChI is InChI=1S/C15H13N3O4S2/c1-9-7-11(17-22-9)13(19)16-4-5-18-14(20)12(24-15(18)21)8-10-3-2-6-23-10/h2-3,6-8H,4-5H2,1H3,(H,16,19). The molecule has 1 aliphatic heterocycles. The molecule has 9 heteroatoms. The highest BCUT2D eigenvalue weighted by Gasteiger charge is 2.34. The number of thiophene rings is 1. The van der Waals surface area contributed by atoms with Crippen LogP contribution in [-0.2, 0) is 4.79 Å². The van der Waals surface area contributed by atoms with Crippen molar-refractivity contribution in [2.75, 3.05) is 13.1 Å². The van der Waals surface area contributed by atoms with Gasteiger partial charge in [-0.1, -0.05) is 11.2 Å². The lowest BCUT2D eigenvalue weighted by Gasteiger charge is -2.12. The molecule has 0 bridgehead atoms. The van der Waals surface area contributed by atoms with Crippen LogP contribution in [0.2, 0.25) is 0 Å². The summed E-state index contributed by atoms with van der Waals surface area (Å²) in [4.78, 5) is 38.5. The van der Waals surface area contributed by atoms with E-state index in [1.54, 1.807) is 13.0 Å². The highest BCUT2D eigenvalue weighted by molar-refractivity contribution is 8.18. The molecule has 2 aromatic rings. The molecule has 3 rings (SSSR count). The molecule has 0 atom stereocenters. The van der Waals surface area contributed by atoms with Gasteiger partial charge in [0.2, 0.25) is 0 Å². The van der Waals surface area contributed by atoms with E-state index in [1.807, 2.05) is 17.5 Å². The van der Waals surface area contributed by atoms with Crippen molar-refractivity contribution in [2.45, 2.75) is 6.92 Å². The van der Waals surface area contributed by atoms with Gasteiger partial charge in [-0.15, -0.1) is 11.3 Å². The molecule has 0 radical (unpaired) electrons. The van der Waals surface area contributed by atoms with Crippen molar-refractivity contribution in [3.63, 3.8) is 0 Å². The predicted octanol–water partition coefficient (Wildman–Crippen LogP) is 2.51. The van der Waals surface area contributed by atoms with Crippen molar-refractivity contribution < 1.29 is 18.9 Å². The summed E-state index contributed by atoms with van der Waals surface area (Å²) < 4.78 is 4.82. The maximum Gasteiger partial charge on any atom is 0.293 e. The Morgan fingerprint density at radius 1 is 1.46 bits per heavy atom. The number of aryl methyl sites for hydroxylation is 1. The Hall–Kier alpha value is -2.39. The second-order valence-corrected chi connectivity index (χ2v) is 6.90. The molecule has 7 nitrogen and oxygen atoms in total. The molecule has 2 aromatic heterocycles. The third-order valence-corrected chi connectivity index (χ3v) is 4.90. The Morgan fingerprint density at radius 2 is 2.29 bits per heavy atom. The number of hydrogen-bond acceptors (Lipinski definition) is 7. The molecule has 24 heavy (non-hydrogen) atoms. The van der Waals surface area contributed by atoms with E-state index in [9.17, 15) is 14.4 Å². The molecule has 1 saturated heterocycles. The summed E-state index contributed by atoms with van der Waals surface area (Å²) in [6.07, 6.45) is 1.70. The number of rotatable bonds is 5. The van der Waals surface area contributed by atoms with Gasteiger partial charge in [0.1, 0.15) is 5.76 Å². The predicted molar refractivity (Wildman–Crippen MR) is 90.6 cm³/mol.